The molecule has 28 heavy (non-hydrogen) atoms. The number of hydrogen-bond acceptors (Lipinski definition) is 5. The number of aromatic nitrogens is 2. The van der Waals surface area contributed by atoms with Crippen LogP contribution in [0.5, 0.6) is 11.6 Å². The Kier molecular flexibility index (Phi) is 6.39. The van der Waals surface area contributed by atoms with Gasteiger partial charge in [0.05, 0.1) is 13.1 Å². The van der Waals surface area contributed by atoms with Gasteiger partial charge < -0.3 is 9.84 Å². The standard InChI is InChI=1S/C21H21N3O3S/c1-15-7-9-17(10-8-15)27-12-11-22-13-18-19(25)23-21(28)24(20(18)26)14-16-5-3-2-4-6-16/h2-10,13,26H,11-12,14H2,1H3,(H,23,25,28). The molecular weight excluding hydrogens is 374 g/mol. The second kappa shape index (κ2) is 9.14. The topological polar surface area (TPSA) is 79.6 Å². The molecule has 0 fully saturated rings. The summed E-state index contributed by atoms with van der Waals surface area (Å²) in [5.74, 6) is 0.554. The average Bonchev–Trinajstić information content (AvgIpc) is 2.69. The van der Waals surface area contributed by atoms with Crippen molar-refractivity contribution >= 4 is 18.4 Å². The summed E-state index contributed by atoms with van der Waals surface area (Å²) in [4.78, 5) is 18.9. The molecule has 0 bridgehead atoms. The monoisotopic (exact) mass is 395 g/mol. The molecule has 3 rings (SSSR count). The molecule has 0 spiro atoms. The van der Waals surface area contributed by atoms with Crippen molar-refractivity contribution in [2.24, 2.45) is 4.99 Å². The van der Waals surface area contributed by atoms with Crippen LogP contribution < -0.4 is 10.3 Å². The van der Waals surface area contributed by atoms with Crippen molar-refractivity contribution < 1.29 is 9.84 Å². The van der Waals surface area contributed by atoms with Crippen molar-refractivity contribution in [1.82, 2.24) is 9.55 Å². The molecule has 6 nitrogen and oxygen atoms in total. The Morgan fingerprint density at radius 2 is 1.89 bits per heavy atom. The minimum absolute atomic E-state index is 0.0693. The number of aryl methyl sites for hydroxylation is 1. The van der Waals surface area contributed by atoms with Crippen LogP contribution in [0, 0.1) is 11.7 Å². The van der Waals surface area contributed by atoms with Gasteiger partial charge in [-0.3, -0.25) is 19.3 Å². The zero-order chi connectivity index (χ0) is 19.9. The molecule has 1 heterocycles. The van der Waals surface area contributed by atoms with Gasteiger partial charge in [-0.05, 0) is 36.8 Å². The number of H-pyrrole nitrogens is 1. The van der Waals surface area contributed by atoms with Crippen molar-refractivity contribution in [2.45, 2.75) is 13.5 Å². The summed E-state index contributed by atoms with van der Waals surface area (Å²) in [6, 6.07) is 17.3. The minimum Gasteiger partial charge on any atom is -0.494 e. The van der Waals surface area contributed by atoms with Gasteiger partial charge in [0.25, 0.3) is 5.56 Å². The van der Waals surface area contributed by atoms with Gasteiger partial charge in [0.1, 0.15) is 17.9 Å². The predicted octanol–water partition coefficient (Wildman–Crippen LogP) is 3.47. The Morgan fingerprint density at radius 1 is 1.18 bits per heavy atom. The maximum atomic E-state index is 12.2. The number of hydrogen-bond donors (Lipinski definition) is 2. The Hall–Kier alpha value is -3.19. The lowest BCUT2D eigenvalue weighted by Crippen LogP contribution is -2.19. The van der Waals surface area contributed by atoms with Crippen LogP contribution >= 0.6 is 12.2 Å². The molecule has 0 radical (unpaired) electrons. The van der Waals surface area contributed by atoms with Crippen LogP contribution in [0.2, 0.25) is 0 Å². The third kappa shape index (κ3) is 4.95. The summed E-state index contributed by atoms with van der Waals surface area (Å²) in [6.07, 6.45) is 1.35. The van der Waals surface area contributed by atoms with Crippen LogP contribution in [0.4, 0.5) is 0 Å². The van der Waals surface area contributed by atoms with E-state index in [0.29, 0.717) is 19.7 Å². The molecule has 7 heteroatoms. The summed E-state index contributed by atoms with van der Waals surface area (Å²) >= 11 is 5.19. The molecule has 0 unspecified atom stereocenters. The predicted molar refractivity (Wildman–Crippen MR) is 112 cm³/mol. The van der Waals surface area contributed by atoms with Crippen LogP contribution in [0.3, 0.4) is 0 Å². The van der Waals surface area contributed by atoms with E-state index < -0.39 is 5.56 Å². The zero-order valence-electron chi connectivity index (χ0n) is 15.5. The summed E-state index contributed by atoms with van der Waals surface area (Å²) in [6.45, 7) is 3.07. The quantitative estimate of drug-likeness (QED) is 0.365. The van der Waals surface area contributed by atoms with Crippen LogP contribution in [-0.4, -0.2) is 34.0 Å². The second-order valence-corrected chi connectivity index (χ2v) is 6.65. The van der Waals surface area contributed by atoms with Gasteiger partial charge in [-0.25, -0.2) is 0 Å². The van der Waals surface area contributed by atoms with E-state index in [1.807, 2.05) is 61.5 Å². The number of nitrogens with zero attached hydrogens (tertiary/aromatic N) is 2. The molecular formula is C21H21N3O3S. The number of aromatic hydroxyl groups is 1. The molecule has 0 aliphatic carbocycles. The first kappa shape index (κ1) is 19.6. The molecule has 144 valence electrons. The first-order valence-electron chi connectivity index (χ1n) is 8.84. The maximum absolute atomic E-state index is 12.2. The SMILES string of the molecule is Cc1ccc(OCCN=Cc2c(O)n(Cc3ccccc3)c(=S)[nH]c2=O)cc1. The normalized spacial score (nSPS) is 11.0. The molecule has 0 saturated carbocycles. The lowest BCUT2D eigenvalue weighted by atomic mass is 10.2. The molecule has 0 amide bonds. The molecule has 1 aromatic heterocycles. The van der Waals surface area contributed by atoms with Crippen molar-refractivity contribution in [3.63, 3.8) is 0 Å². The molecule has 0 atom stereocenters. The van der Waals surface area contributed by atoms with E-state index in [2.05, 4.69) is 9.98 Å². The van der Waals surface area contributed by atoms with Crippen LogP contribution in [0.15, 0.2) is 64.4 Å². The second-order valence-electron chi connectivity index (χ2n) is 6.27. The lowest BCUT2D eigenvalue weighted by Gasteiger charge is -2.11. The highest BCUT2D eigenvalue weighted by Gasteiger charge is 2.11. The van der Waals surface area contributed by atoms with Crippen molar-refractivity contribution in [2.75, 3.05) is 13.2 Å². The number of ether oxygens (including phenoxy) is 1. The Balaban J connectivity index is 1.69. The third-order valence-corrected chi connectivity index (χ3v) is 4.44. The average molecular weight is 395 g/mol. The number of rotatable bonds is 7. The highest BCUT2D eigenvalue weighted by atomic mass is 32.1. The Morgan fingerprint density at radius 3 is 2.61 bits per heavy atom. The van der Waals surface area contributed by atoms with Gasteiger partial charge in [-0.2, -0.15) is 0 Å². The van der Waals surface area contributed by atoms with Crippen molar-refractivity contribution in [3.05, 3.63) is 86.4 Å². The molecule has 0 aliphatic heterocycles. The Bertz CT molecular complexity index is 1070. The summed E-state index contributed by atoms with van der Waals surface area (Å²) in [7, 11) is 0. The van der Waals surface area contributed by atoms with Gasteiger partial charge in [0, 0.05) is 6.21 Å². The number of aliphatic imine (C=N–C) groups is 1. The number of aromatic amines is 1. The zero-order valence-corrected chi connectivity index (χ0v) is 16.3. The highest BCUT2D eigenvalue weighted by Crippen LogP contribution is 2.14. The summed E-state index contributed by atoms with van der Waals surface area (Å²) in [5, 5.41) is 10.5. The fraction of sp³-hybridized carbons (Fsp3) is 0.190. The number of nitrogens with one attached hydrogen (secondary N) is 1. The lowest BCUT2D eigenvalue weighted by molar-refractivity contribution is 0.329. The van der Waals surface area contributed by atoms with Crippen molar-refractivity contribution in [3.8, 4) is 11.6 Å². The van der Waals surface area contributed by atoms with E-state index in [1.54, 1.807) is 0 Å². The summed E-state index contributed by atoms with van der Waals surface area (Å²) < 4.78 is 7.22. The van der Waals surface area contributed by atoms with Gasteiger partial charge >= 0.3 is 0 Å². The molecule has 3 aromatic rings. The van der Waals surface area contributed by atoms with E-state index in [0.717, 1.165) is 16.9 Å². The van der Waals surface area contributed by atoms with Gasteiger partial charge in [-0.1, -0.05) is 48.0 Å². The van der Waals surface area contributed by atoms with Gasteiger partial charge in [-0.15, -0.1) is 0 Å². The van der Waals surface area contributed by atoms with Gasteiger partial charge in [0.2, 0.25) is 5.88 Å². The third-order valence-electron chi connectivity index (χ3n) is 4.12. The van der Waals surface area contributed by atoms with E-state index >= 15 is 0 Å². The molecule has 2 aromatic carbocycles. The largest absolute Gasteiger partial charge is 0.494 e. The van der Waals surface area contributed by atoms with Gasteiger partial charge in [0.15, 0.2) is 4.77 Å². The van der Waals surface area contributed by atoms with E-state index in [-0.39, 0.29) is 16.2 Å². The van der Waals surface area contributed by atoms with Crippen LogP contribution in [0.1, 0.15) is 16.7 Å². The smallest absolute Gasteiger partial charge is 0.264 e. The minimum atomic E-state index is -0.477. The highest BCUT2D eigenvalue weighted by molar-refractivity contribution is 7.71. The molecule has 0 saturated heterocycles. The van der Waals surface area contributed by atoms with E-state index in [4.69, 9.17) is 17.0 Å². The van der Waals surface area contributed by atoms with Crippen LogP contribution in [0.25, 0.3) is 0 Å². The van der Waals surface area contributed by atoms with E-state index in [9.17, 15) is 9.90 Å². The maximum Gasteiger partial charge on any atom is 0.264 e. The number of benzene rings is 2. The van der Waals surface area contributed by atoms with Crippen molar-refractivity contribution in [1.29, 1.82) is 0 Å². The first-order valence-corrected chi connectivity index (χ1v) is 9.25. The van der Waals surface area contributed by atoms with E-state index in [1.165, 1.54) is 10.8 Å². The Labute approximate surface area is 167 Å². The fourth-order valence-electron chi connectivity index (χ4n) is 2.61. The first-order chi connectivity index (χ1) is 13.5. The fourth-order valence-corrected chi connectivity index (χ4v) is 2.85. The summed E-state index contributed by atoms with van der Waals surface area (Å²) in [5.41, 5.74) is 1.71. The molecule has 2 N–H and O–H groups in total. The molecule has 0 aliphatic rings. The van der Waals surface area contributed by atoms with Crippen LogP contribution in [-0.2, 0) is 6.54 Å².